The number of hydrogen-bond acceptors (Lipinski definition) is 7. The highest BCUT2D eigenvalue weighted by atomic mass is 16.4. The fourth-order valence-electron chi connectivity index (χ4n) is 6.03. The van der Waals surface area contributed by atoms with Gasteiger partial charge in [-0.2, -0.15) is 0 Å². The van der Waals surface area contributed by atoms with Gasteiger partial charge in [0.2, 0.25) is 0 Å². The Morgan fingerprint density at radius 2 is 1.56 bits per heavy atom. The summed E-state index contributed by atoms with van der Waals surface area (Å²) < 4.78 is 0. The Balaban J connectivity index is 0.000000782. The molecule has 1 saturated heterocycles. The van der Waals surface area contributed by atoms with Gasteiger partial charge in [-0.05, 0) is 89.8 Å². The number of aromatic nitrogens is 3. The van der Waals surface area contributed by atoms with Gasteiger partial charge < -0.3 is 20.0 Å². The number of aryl methyl sites for hydroxylation is 4. The van der Waals surface area contributed by atoms with Crippen LogP contribution in [-0.2, 0) is 24.2 Å². The van der Waals surface area contributed by atoms with Gasteiger partial charge in [-0.1, -0.05) is 32.0 Å². The predicted octanol–water partition coefficient (Wildman–Crippen LogP) is 6.37. The summed E-state index contributed by atoms with van der Waals surface area (Å²) >= 11 is 0. The molecule has 0 atom stereocenters. The molecule has 5 rings (SSSR count). The molecule has 2 N–H and O–H groups in total. The van der Waals surface area contributed by atoms with Crippen LogP contribution in [0.4, 0.5) is 11.5 Å². The number of aliphatic hydroxyl groups is 1. The second kappa shape index (κ2) is 12.6. The largest absolute Gasteiger partial charge is 0.481 e. The zero-order valence-corrected chi connectivity index (χ0v) is 27.5. The van der Waals surface area contributed by atoms with E-state index < -0.39 is 11.6 Å². The zero-order chi connectivity index (χ0) is 31.7. The van der Waals surface area contributed by atoms with Gasteiger partial charge >= 0.3 is 5.97 Å². The standard InChI is InChI=1S/C31H39N5O2.C4H10O/c1-19-15-27(34-22(4)32-19)36-12-9-23-16-24(7-8-25(23)18-36)29-21(3)33-20(2)26(17-28(37)38)30(29)35-13-10-31(5,6)11-14-35;1-4(2,3)5/h7-8,15-16H,9-14,17-18H2,1-6H3,(H,37,38);5H,1-3H3. The predicted molar refractivity (Wildman–Crippen MR) is 174 cm³/mol. The van der Waals surface area contributed by atoms with E-state index in [1.165, 1.54) is 11.1 Å². The Hall–Kier alpha value is -3.52. The molecule has 4 heterocycles. The molecule has 1 aromatic carbocycles. The quantitative estimate of drug-likeness (QED) is 0.355. The molecule has 0 spiro atoms. The molecule has 1 fully saturated rings. The SMILES string of the molecule is CC(C)(C)O.Cc1cc(N2CCc3cc(-c4c(C)nc(C)c(CC(=O)O)c4N4CCC(C)(C)CC4)ccc3C2)nc(C)n1. The molecule has 8 nitrogen and oxygen atoms in total. The van der Waals surface area contributed by atoms with Crippen LogP contribution in [0.5, 0.6) is 0 Å². The van der Waals surface area contributed by atoms with Crippen molar-refractivity contribution in [3.63, 3.8) is 0 Å². The van der Waals surface area contributed by atoms with Crippen LogP contribution in [0.2, 0.25) is 0 Å². The fourth-order valence-corrected chi connectivity index (χ4v) is 6.03. The monoisotopic (exact) mass is 587 g/mol. The summed E-state index contributed by atoms with van der Waals surface area (Å²) in [5.41, 5.74) is 9.33. The second-order valence-corrected chi connectivity index (χ2v) is 13.9. The first-order valence-corrected chi connectivity index (χ1v) is 15.4. The molecule has 0 unspecified atom stereocenters. The number of carbonyl (C=O) groups is 1. The zero-order valence-electron chi connectivity index (χ0n) is 27.5. The molecule has 0 aliphatic carbocycles. The first kappa shape index (κ1) is 32.4. The number of nitrogens with zero attached hydrogens (tertiary/aromatic N) is 5. The molecule has 8 heteroatoms. The smallest absolute Gasteiger partial charge is 0.307 e. The summed E-state index contributed by atoms with van der Waals surface area (Å²) in [5.74, 6) is 0.968. The van der Waals surface area contributed by atoms with Gasteiger partial charge in [0, 0.05) is 60.5 Å². The molecule has 0 amide bonds. The van der Waals surface area contributed by atoms with Crippen molar-refractivity contribution in [3.05, 3.63) is 63.9 Å². The van der Waals surface area contributed by atoms with Crippen molar-refractivity contribution < 1.29 is 15.0 Å². The molecular weight excluding hydrogens is 538 g/mol. The fraction of sp³-hybridized carbons (Fsp3) is 0.543. The van der Waals surface area contributed by atoms with Crippen molar-refractivity contribution in [1.29, 1.82) is 0 Å². The van der Waals surface area contributed by atoms with Crippen LogP contribution >= 0.6 is 0 Å². The van der Waals surface area contributed by atoms with E-state index in [1.54, 1.807) is 20.8 Å². The third kappa shape index (κ3) is 8.31. The number of carboxylic acids is 1. The molecule has 43 heavy (non-hydrogen) atoms. The van der Waals surface area contributed by atoms with E-state index >= 15 is 0 Å². The Morgan fingerprint density at radius 3 is 2.16 bits per heavy atom. The van der Waals surface area contributed by atoms with Gasteiger partial charge in [-0.25, -0.2) is 9.97 Å². The van der Waals surface area contributed by atoms with Gasteiger partial charge in [0.15, 0.2) is 0 Å². The number of fused-ring (bicyclic) bond motifs is 1. The minimum atomic E-state index is -0.816. The van der Waals surface area contributed by atoms with Crippen molar-refractivity contribution in [2.75, 3.05) is 29.4 Å². The van der Waals surface area contributed by atoms with Crippen LogP contribution in [0.3, 0.4) is 0 Å². The Kier molecular flexibility index (Phi) is 9.50. The number of anilines is 2. The van der Waals surface area contributed by atoms with Gasteiger partial charge in [0.25, 0.3) is 0 Å². The molecule has 0 radical (unpaired) electrons. The van der Waals surface area contributed by atoms with E-state index in [4.69, 9.17) is 10.1 Å². The summed E-state index contributed by atoms with van der Waals surface area (Å²) in [4.78, 5) is 30.6. The van der Waals surface area contributed by atoms with Crippen molar-refractivity contribution in [1.82, 2.24) is 15.0 Å². The second-order valence-electron chi connectivity index (χ2n) is 13.9. The molecule has 2 aliphatic heterocycles. The van der Waals surface area contributed by atoms with E-state index in [0.717, 1.165) is 96.5 Å². The van der Waals surface area contributed by atoms with Gasteiger partial charge in [-0.3, -0.25) is 9.78 Å². The van der Waals surface area contributed by atoms with Gasteiger partial charge in [0.1, 0.15) is 11.6 Å². The number of rotatable bonds is 5. The summed E-state index contributed by atoms with van der Waals surface area (Å²) in [5, 5.41) is 18.3. The van der Waals surface area contributed by atoms with Gasteiger partial charge in [0.05, 0.1) is 17.7 Å². The molecule has 0 bridgehead atoms. The van der Waals surface area contributed by atoms with E-state index in [9.17, 15) is 9.90 Å². The Labute approximate surface area is 257 Å². The first-order valence-electron chi connectivity index (χ1n) is 15.4. The van der Waals surface area contributed by atoms with Crippen LogP contribution in [-0.4, -0.2) is 56.4 Å². The lowest BCUT2D eigenvalue weighted by Crippen LogP contribution is -2.38. The van der Waals surface area contributed by atoms with E-state index in [2.05, 4.69) is 64.8 Å². The lowest BCUT2D eigenvalue weighted by atomic mass is 9.82. The van der Waals surface area contributed by atoms with Crippen molar-refractivity contribution in [2.45, 2.75) is 100 Å². The highest BCUT2D eigenvalue weighted by Gasteiger charge is 2.30. The van der Waals surface area contributed by atoms with Crippen molar-refractivity contribution in [2.24, 2.45) is 5.41 Å². The third-order valence-corrected chi connectivity index (χ3v) is 8.20. The van der Waals surface area contributed by atoms with Gasteiger partial charge in [-0.15, -0.1) is 0 Å². The van der Waals surface area contributed by atoms with Crippen LogP contribution in [0.25, 0.3) is 11.1 Å². The highest BCUT2D eigenvalue weighted by Crippen LogP contribution is 2.42. The Morgan fingerprint density at radius 1 is 0.907 bits per heavy atom. The third-order valence-electron chi connectivity index (χ3n) is 8.20. The number of carboxylic acid groups (broad SMARTS) is 1. The van der Waals surface area contributed by atoms with Crippen LogP contribution in [0, 0.1) is 33.1 Å². The van der Waals surface area contributed by atoms with Crippen LogP contribution < -0.4 is 9.80 Å². The van der Waals surface area contributed by atoms with E-state index in [-0.39, 0.29) is 6.42 Å². The summed E-state index contributed by atoms with van der Waals surface area (Å²) in [6.45, 7) is 21.4. The normalized spacial score (nSPS) is 16.3. The highest BCUT2D eigenvalue weighted by molar-refractivity contribution is 5.86. The van der Waals surface area contributed by atoms with E-state index in [1.807, 2.05) is 20.8 Å². The van der Waals surface area contributed by atoms with Crippen molar-refractivity contribution in [3.8, 4) is 11.1 Å². The maximum absolute atomic E-state index is 11.9. The minimum Gasteiger partial charge on any atom is -0.481 e. The number of benzene rings is 1. The topological polar surface area (TPSA) is 103 Å². The number of hydrogen-bond donors (Lipinski definition) is 2. The van der Waals surface area contributed by atoms with Crippen LogP contribution in [0.15, 0.2) is 24.3 Å². The average molecular weight is 588 g/mol. The molecule has 2 aliphatic rings. The molecule has 3 aromatic rings. The lowest BCUT2D eigenvalue weighted by Gasteiger charge is -2.40. The minimum absolute atomic E-state index is 0.0149. The summed E-state index contributed by atoms with van der Waals surface area (Å²) in [6.07, 6.45) is 3.08. The Bertz CT molecular complexity index is 1460. The molecular formula is C35H49N5O3. The van der Waals surface area contributed by atoms with E-state index in [0.29, 0.717) is 5.41 Å². The molecule has 232 valence electrons. The van der Waals surface area contributed by atoms with Crippen LogP contribution in [0.1, 0.15) is 87.1 Å². The maximum Gasteiger partial charge on any atom is 0.307 e. The average Bonchev–Trinajstić information content (AvgIpc) is 2.88. The number of piperidine rings is 1. The molecule has 0 saturated carbocycles. The first-order chi connectivity index (χ1) is 20.0. The summed E-state index contributed by atoms with van der Waals surface area (Å²) in [7, 11) is 0. The number of pyridine rings is 1. The molecule has 2 aromatic heterocycles. The maximum atomic E-state index is 11.9. The summed E-state index contributed by atoms with van der Waals surface area (Å²) in [6, 6.07) is 8.80. The number of aliphatic carboxylic acids is 1. The lowest BCUT2D eigenvalue weighted by molar-refractivity contribution is -0.136. The van der Waals surface area contributed by atoms with Crippen molar-refractivity contribution >= 4 is 17.5 Å².